The van der Waals surface area contributed by atoms with E-state index in [2.05, 4.69) is 21.2 Å². The third kappa shape index (κ3) is 6.09. The van der Waals surface area contributed by atoms with Gasteiger partial charge in [-0.05, 0) is 96.4 Å². The Morgan fingerprint density at radius 3 is 2.13 bits per heavy atom. The second-order valence-corrected chi connectivity index (χ2v) is 11.8. The molecule has 0 saturated carbocycles. The van der Waals surface area contributed by atoms with E-state index in [9.17, 15) is 13.2 Å². The van der Waals surface area contributed by atoms with Crippen LogP contribution in [0.2, 0.25) is 0 Å². The Bertz CT molecular complexity index is 1570. The van der Waals surface area contributed by atoms with Gasteiger partial charge in [0, 0.05) is 11.3 Å². The minimum Gasteiger partial charge on any atom is -0.496 e. The van der Waals surface area contributed by atoms with Gasteiger partial charge in [-0.15, -0.1) is 0 Å². The first-order valence-electron chi connectivity index (χ1n) is 12.0. The van der Waals surface area contributed by atoms with E-state index in [0.29, 0.717) is 21.5 Å². The molecular weight excluding hydrogens is 564 g/mol. The van der Waals surface area contributed by atoms with E-state index in [1.807, 2.05) is 51.1 Å². The molecule has 1 N–H and O–H groups in total. The van der Waals surface area contributed by atoms with Gasteiger partial charge in [0.1, 0.15) is 5.75 Å². The summed E-state index contributed by atoms with van der Waals surface area (Å²) in [6.45, 7) is 6.00. The lowest BCUT2D eigenvalue weighted by Gasteiger charge is -2.25. The van der Waals surface area contributed by atoms with Gasteiger partial charge in [-0.1, -0.05) is 47.5 Å². The number of nitrogens with one attached hydrogen (secondary N) is 1. The van der Waals surface area contributed by atoms with Gasteiger partial charge in [0.15, 0.2) is 0 Å². The van der Waals surface area contributed by atoms with E-state index in [0.717, 1.165) is 27.9 Å². The minimum absolute atomic E-state index is 0.0913. The van der Waals surface area contributed by atoms with Crippen molar-refractivity contribution in [1.82, 2.24) is 0 Å². The average Bonchev–Trinajstić information content (AvgIpc) is 2.89. The molecule has 0 unspecified atom stereocenters. The van der Waals surface area contributed by atoms with E-state index < -0.39 is 10.0 Å². The minimum atomic E-state index is -3.92. The van der Waals surface area contributed by atoms with E-state index in [-0.39, 0.29) is 17.3 Å². The number of methoxy groups -OCH3 is 1. The highest BCUT2D eigenvalue weighted by molar-refractivity contribution is 9.10. The Labute approximate surface area is 232 Å². The van der Waals surface area contributed by atoms with Gasteiger partial charge in [-0.3, -0.25) is 9.10 Å². The largest absolute Gasteiger partial charge is 0.496 e. The molecule has 0 atom stereocenters. The molecule has 0 aliphatic rings. The summed E-state index contributed by atoms with van der Waals surface area (Å²) in [5, 5.41) is 2.95. The third-order valence-corrected chi connectivity index (χ3v) is 8.60. The number of hydrogen-bond acceptors (Lipinski definition) is 4. The molecule has 38 heavy (non-hydrogen) atoms. The number of ether oxygens (including phenoxy) is 1. The van der Waals surface area contributed by atoms with Crippen molar-refractivity contribution in [2.45, 2.75) is 32.2 Å². The summed E-state index contributed by atoms with van der Waals surface area (Å²) in [6.07, 6.45) is 0. The predicted octanol–water partition coefficient (Wildman–Crippen LogP) is 7.03. The molecule has 0 heterocycles. The molecule has 4 rings (SSSR count). The summed E-state index contributed by atoms with van der Waals surface area (Å²) in [7, 11) is -2.39. The standard InChI is InChI=1S/C30H29BrN2O4S/c1-20-5-12-25(13-6-20)33(38(35,36)26-14-16-29(37-4)27(31)18-26)19-23-8-10-24(11-9-23)30(34)32-28-15-7-21(2)17-22(28)3/h5-18H,19H2,1-4H3,(H,32,34). The number of sulfonamides is 1. The lowest BCUT2D eigenvalue weighted by atomic mass is 10.1. The molecule has 0 bridgehead atoms. The number of carbonyl (C=O) groups excluding carboxylic acids is 1. The maximum absolute atomic E-state index is 13.8. The first-order chi connectivity index (χ1) is 18.1. The van der Waals surface area contributed by atoms with Gasteiger partial charge in [0.25, 0.3) is 15.9 Å². The highest BCUT2D eigenvalue weighted by Gasteiger charge is 2.26. The topological polar surface area (TPSA) is 75.7 Å². The SMILES string of the molecule is COc1ccc(S(=O)(=O)N(Cc2ccc(C(=O)Nc3ccc(C)cc3C)cc2)c2ccc(C)cc2)cc1Br. The van der Waals surface area contributed by atoms with Crippen LogP contribution in [0.3, 0.4) is 0 Å². The van der Waals surface area contributed by atoms with Crippen molar-refractivity contribution >= 4 is 43.2 Å². The monoisotopic (exact) mass is 592 g/mol. The number of benzene rings is 4. The summed E-state index contributed by atoms with van der Waals surface area (Å²) < 4.78 is 34.8. The van der Waals surface area contributed by atoms with Crippen molar-refractivity contribution in [3.8, 4) is 5.75 Å². The smallest absolute Gasteiger partial charge is 0.264 e. The van der Waals surface area contributed by atoms with E-state index in [1.165, 1.54) is 23.5 Å². The first-order valence-corrected chi connectivity index (χ1v) is 14.2. The molecular formula is C30H29BrN2O4S. The number of nitrogens with zero attached hydrogens (tertiary/aromatic N) is 1. The number of rotatable bonds is 8. The fourth-order valence-electron chi connectivity index (χ4n) is 4.04. The zero-order valence-electron chi connectivity index (χ0n) is 21.7. The van der Waals surface area contributed by atoms with Crippen LogP contribution in [-0.4, -0.2) is 21.4 Å². The third-order valence-electron chi connectivity index (χ3n) is 6.21. The molecule has 0 spiro atoms. The van der Waals surface area contributed by atoms with Crippen molar-refractivity contribution in [2.75, 3.05) is 16.7 Å². The second kappa shape index (κ2) is 11.4. The zero-order valence-corrected chi connectivity index (χ0v) is 24.1. The molecule has 0 aliphatic heterocycles. The number of carbonyl (C=O) groups is 1. The Morgan fingerprint density at radius 1 is 0.868 bits per heavy atom. The van der Waals surface area contributed by atoms with Crippen LogP contribution in [0.4, 0.5) is 11.4 Å². The van der Waals surface area contributed by atoms with E-state index in [4.69, 9.17) is 4.74 Å². The molecule has 6 nitrogen and oxygen atoms in total. The van der Waals surface area contributed by atoms with Crippen LogP contribution in [-0.2, 0) is 16.6 Å². The summed E-state index contributed by atoms with van der Waals surface area (Å²) in [5.41, 5.74) is 5.66. The molecule has 0 saturated heterocycles. The molecule has 196 valence electrons. The van der Waals surface area contributed by atoms with Crippen molar-refractivity contribution in [3.63, 3.8) is 0 Å². The Morgan fingerprint density at radius 2 is 1.53 bits per heavy atom. The van der Waals surface area contributed by atoms with Gasteiger partial charge in [0.05, 0.1) is 28.7 Å². The van der Waals surface area contributed by atoms with Gasteiger partial charge < -0.3 is 10.1 Å². The predicted molar refractivity (Wildman–Crippen MR) is 156 cm³/mol. The van der Waals surface area contributed by atoms with Crippen molar-refractivity contribution < 1.29 is 17.9 Å². The summed E-state index contributed by atoms with van der Waals surface area (Å²) in [6, 6.07) is 24.8. The van der Waals surface area contributed by atoms with Crippen molar-refractivity contribution in [3.05, 3.63) is 117 Å². The molecule has 4 aromatic rings. The fraction of sp³-hybridized carbons (Fsp3) is 0.167. The van der Waals surface area contributed by atoms with Crippen LogP contribution in [0.15, 0.2) is 94.3 Å². The van der Waals surface area contributed by atoms with E-state index in [1.54, 1.807) is 42.5 Å². The number of halogens is 1. The number of hydrogen-bond donors (Lipinski definition) is 1. The second-order valence-electron chi connectivity index (χ2n) is 9.11. The van der Waals surface area contributed by atoms with Crippen molar-refractivity contribution in [1.29, 1.82) is 0 Å². The molecule has 0 fully saturated rings. The van der Waals surface area contributed by atoms with Gasteiger partial charge in [0.2, 0.25) is 0 Å². The first kappa shape index (κ1) is 27.4. The Kier molecular flexibility index (Phi) is 8.23. The molecule has 8 heteroatoms. The summed E-state index contributed by atoms with van der Waals surface area (Å²) >= 11 is 3.39. The molecule has 0 aromatic heterocycles. The van der Waals surface area contributed by atoms with Crippen LogP contribution in [0, 0.1) is 20.8 Å². The maximum Gasteiger partial charge on any atom is 0.264 e. The lowest BCUT2D eigenvalue weighted by molar-refractivity contribution is 0.102. The van der Waals surface area contributed by atoms with Gasteiger partial charge in [-0.25, -0.2) is 8.42 Å². The molecule has 4 aromatic carbocycles. The van der Waals surface area contributed by atoms with Gasteiger partial charge >= 0.3 is 0 Å². The Hall–Kier alpha value is -3.62. The summed E-state index contributed by atoms with van der Waals surface area (Å²) in [5.74, 6) is 0.315. The summed E-state index contributed by atoms with van der Waals surface area (Å²) in [4.78, 5) is 13.0. The normalized spacial score (nSPS) is 11.2. The molecule has 1 amide bonds. The van der Waals surface area contributed by atoms with Crippen molar-refractivity contribution in [2.24, 2.45) is 0 Å². The maximum atomic E-state index is 13.8. The highest BCUT2D eigenvalue weighted by Crippen LogP contribution is 2.32. The number of aryl methyl sites for hydroxylation is 3. The van der Waals surface area contributed by atoms with Crippen LogP contribution >= 0.6 is 15.9 Å². The highest BCUT2D eigenvalue weighted by atomic mass is 79.9. The lowest BCUT2D eigenvalue weighted by Crippen LogP contribution is -2.30. The van der Waals surface area contributed by atoms with Crippen LogP contribution in [0.25, 0.3) is 0 Å². The number of anilines is 2. The fourth-order valence-corrected chi connectivity index (χ4v) is 6.21. The molecule has 0 radical (unpaired) electrons. The van der Waals surface area contributed by atoms with Crippen LogP contribution in [0.1, 0.15) is 32.6 Å². The molecule has 0 aliphatic carbocycles. The zero-order chi connectivity index (χ0) is 27.4. The quantitative estimate of drug-likeness (QED) is 0.238. The Balaban J connectivity index is 1.62. The number of amides is 1. The van der Waals surface area contributed by atoms with Crippen LogP contribution < -0.4 is 14.4 Å². The van der Waals surface area contributed by atoms with Crippen LogP contribution in [0.5, 0.6) is 5.75 Å². The average molecular weight is 594 g/mol. The van der Waals surface area contributed by atoms with Gasteiger partial charge in [-0.2, -0.15) is 0 Å². The van der Waals surface area contributed by atoms with E-state index >= 15 is 0 Å².